The Morgan fingerprint density at radius 2 is 1.41 bits per heavy atom. The van der Waals surface area contributed by atoms with Gasteiger partial charge in [0.2, 0.25) is 11.4 Å². The lowest BCUT2D eigenvalue weighted by atomic mass is 9.84. The SMILES string of the molecule is CCn1/c(=C/C=C2C(Sc3ccc(CC(=O)O)cc3)=C(/C=C/C3=[N+](CC)c4ccc(S(=O)(=O)O)c5cccc3c45)C3CCC/2C3)c2cccc3c(S(=O)(=O)O)cc(S(=O)(=O)O)c1c32. The molecule has 1 fully saturated rings. The Labute approximate surface area is 367 Å². The van der Waals surface area contributed by atoms with Gasteiger partial charge in [0.25, 0.3) is 30.4 Å². The first-order chi connectivity index (χ1) is 29.9. The molecule has 4 N–H and O–H groups in total. The first-order valence-electron chi connectivity index (χ1n) is 20.2. The molecular weight excluding hydrogens is 885 g/mol. The van der Waals surface area contributed by atoms with Gasteiger partial charge in [-0.1, -0.05) is 66.4 Å². The van der Waals surface area contributed by atoms with E-state index in [1.54, 1.807) is 58.8 Å². The maximum Gasteiger partial charge on any atom is 0.307 e. The monoisotopic (exact) mass is 925 g/mol. The number of carboxylic acid groups (broad SMARTS) is 1. The first-order valence-corrected chi connectivity index (χ1v) is 25.4. The Hall–Kier alpha value is -5.40. The van der Waals surface area contributed by atoms with Crippen molar-refractivity contribution in [3.05, 3.63) is 130 Å². The minimum Gasteiger partial charge on any atom is -0.481 e. The molecule has 9 rings (SSSR count). The van der Waals surface area contributed by atoms with E-state index in [1.165, 1.54) is 12.1 Å². The number of aromatic nitrogens is 1. The highest BCUT2D eigenvalue weighted by Crippen LogP contribution is 2.53. The Morgan fingerprint density at radius 1 is 0.762 bits per heavy atom. The van der Waals surface area contributed by atoms with E-state index in [4.69, 9.17) is 0 Å². The summed E-state index contributed by atoms with van der Waals surface area (Å²) in [6.45, 7) is 4.65. The summed E-state index contributed by atoms with van der Waals surface area (Å²) >= 11 is 1.56. The molecule has 13 nitrogen and oxygen atoms in total. The Morgan fingerprint density at radius 3 is 2.06 bits per heavy atom. The molecule has 17 heteroatoms. The Balaban J connectivity index is 1.27. The molecule has 3 aliphatic rings. The number of aryl methyl sites for hydroxylation is 1. The average Bonchev–Trinajstić information content (AvgIpc) is 3.89. The number of rotatable bonds is 12. The van der Waals surface area contributed by atoms with E-state index in [-0.39, 0.29) is 46.0 Å². The van der Waals surface area contributed by atoms with Gasteiger partial charge in [-0.05, 0) is 98.1 Å². The third-order valence-electron chi connectivity index (χ3n) is 12.4. The number of nitrogens with zero attached hydrogens (tertiary/aromatic N) is 2. The number of fused-ring (bicyclic) bond motifs is 2. The topological polar surface area (TPSA) is 208 Å². The number of thioether (sulfide) groups is 1. The van der Waals surface area contributed by atoms with Crippen LogP contribution in [0.15, 0.2) is 133 Å². The summed E-state index contributed by atoms with van der Waals surface area (Å²) in [5.41, 5.74) is 5.38. The van der Waals surface area contributed by atoms with Crippen LogP contribution in [0.25, 0.3) is 38.5 Å². The predicted octanol–water partition coefficient (Wildman–Crippen LogP) is 7.96. The van der Waals surface area contributed by atoms with Crippen LogP contribution >= 0.6 is 11.8 Å². The van der Waals surface area contributed by atoms with Crippen LogP contribution < -0.4 is 5.35 Å². The van der Waals surface area contributed by atoms with Crippen molar-refractivity contribution in [3.63, 3.8) is 0 Å². The van der Waals surface area contributed by atoms with Crippen molar-refractivity contribution < 1.29 is 53.4 Å². The van der Waals surface area contributed by atoms with Gasteiger partial charge in [-0.25, -0.2) is 0 Å². The highest BCUT2D eigenvalue weighted by molar-refractivity contribution is 8.03. The zero-order chi connectivity index (χ0) is 44.7. The van der Waals surface area contributed by atoms with Crippen LogP contribution in [0, 0.1) is 11.8 Å². The van der Waals surface area contributed by atoms with Crippen molar-refractivity contribution in [2.75, 3.05) is 6.54 Å². The largest absolute Gasteiger partial charge is 0.481 e. The van der Waals surface area contributed by atoms with E-state index in [1.807, 2.05) is 44.2 Å². The zero-order valence-corrected chi connectivity index (χ0v) is 37.2. The van der Waals surface area contributed by atoms with Gasteiger partial charge in [0.05, 0.1) is 22.9 Å². The van der Waals surface area contributed by atoms with Crippen LogP contribution in [-0.4, -0.2) is 71.4 Å². The van der Waals surface area contributed by atoms with E-state index in [2.05, 4.69) is 16.7 Å². The van der Waals surface area contributed by atoms with E-state index >= 15 is 0 Å². The number of hydrogen-bond acceptors (Lipinski definition) is 8. The highest BCUT2D eigenvalue weighted by atomic mass is 32.2. The van der Waals surface area contributed by atoms with E-state index < -0.39 is 46.1 Å². The summed E-state index contributed by atoms with van der Waals surface area (Å²) in [7, 11) is -14.4. The molecule has 2 aliphatic carbocycles. The minimum absolute atomic E-state index is 0.107. The molecule has 1 aliphatic heterocycles. The quantitative estimate of drug-likeness (QED) is 0.0681. The predicted molar refractivity (Wildman–Crippen MR) is 241 cm³/mol. The van der Waals surface area contributed by atoms with Crippen LogP contribution in [0.4, 0.5) is 5.69 Å². The lowest BCUT2D eigenvalue weighted by molar-refractivity contribution is -0.430. The van der Waals surface area contributed by atoms with Gasteiger partial charge in [-0.3, -0.25) is 18.5 Å². The summed E-state index contributed by atoms with van der Waals surface area (Å²) in [5, 5.41) is 12.0. The zero-order valence-electron chi connectivity index (χ0n) is 33.9. The second kappa shape index (κ2) is 15.7. The molecule has 2 bridgehead atoms. The second-order valence-electron chi connectivity index (χ2n) is 15.9. The van der Waals surface area contributed by atoms with E-state index in [0.717, 1.165) is 68.6 Å². The number of aliphatic carboxylic acids is 1. The molecule has 2 unspecified atom stereocenters. The summed E-state index contributed by atoms with van der Waals surface area (Å²) in [6.07, 6.45) is 10.6. The van der Waals surface area contributed by atoms with Crippen LogP contribution in [0.2, 0.25) is 0 Å². The number of hydrogen-bond donors (Lipinski definition) is 4. The molecule has 0 radical (unpaired) electrons. The molecule has 6 aromatic rings. The minimum atomic E-state index is -4.97. The second-order valence-corrected chi connectivity index (χ2v) is 21.1. The van der Waals surface area contributed by atoms with E-state index in [9.17, 15) is 48.8 Å². The first kappa shape index (κ1) is 42.9. The molecule has 1 saturated carbocycles. The molecule has 63 heavy (non-hydrogen) atoms. The molecule has 0 spiro atoms. The van der Waals surface area contributed by atoms with Gasteiger partial charge in [-0.2, -0.15) is 29.8 Å². The molecule has 2 heterocycles. The van der Waals surface area contributed by atoms with Crippen LogP contribution in [0.5, 0.6) is 0 Å². The van der Waals surface area contributed by atoms with Crippen molar-refractivity contribution >= 4 is 98.0 Å². The lowest BCUT2D eigenvalue weighted by Crippen LogP contribution is -2.17. The standard InChI is InChI=1S/C46H40N2O11S4/c1-3-47-36(32-7-5-9-34-39(61(51,52)53)22-21-38(47)43(32)34)19-17-30-27-13-14-28(24-27)31(46(30)60-29-15-11-26(12-16-29)23-42(49)50)18-20-37-33-8-6-10-35-40(62(54,55)56)25-41(63(57,58)59)45(44(33)35)48(37)4-2/h5-12,15-22,25,27-28H,3-4,13-14,23-24H2,1-2H3,(H3-,49,50,51,52,53,54,55,56,57,58,59)/p+1. The molecule has 2 atom stereocenters. The lowest BCUT2D eigenvalue weighted by Gasteiger charge is -2.27. The van der Waals surface area contributed by atoms with Crippen LogP contribution in [0.3, 0.4) is 0 Å². The number of allylic oxidation sites excluding steroid dienone is 5. The Bertz CT molecular complexity index is 3510. The number of carboxylic acids is 1. The van der Waals surface area contributed by atoms with Gasteiger partial charge in [-0.15, -0.1) is 0 Å². The van der Waals surface area contributed by atoms with Gasteiger partial charge in [0.1, 0.15) is 21.2 Å². The summed E-state index contributed by atoms with van der Waals surface area (Å²) in [5.74, 6) is -0.594. The normalized spacial score (nSPS) is 19.1. The maximum absolute atomic E-state index is 12.9. The Kier molecular flexibility index (Phi) is 10.7. The van der Waals surface area contributed by atoms with E-state index in [0.29, 0.717) is 28.2 Å². The fraction of sp³-hybridized carbons (Fsp3) is 0.217. The molecule has 5 aromatic carbocycles. The molecule has 0 amide bonds. The third kappa shape index (κ3) is 7.44. The maximum atomic E-state index is 12.9. The van der Waals surface area contributed by atoms with Gasteiger partial charge < -0.3 is 9.67 Å². The summed E-state index contributed by atoms with van der Waals surface area (Å²) < 4.78 is 110. The molecule has 324 valence electrons. The number of benzene rings is 5. The van der Waals surface area contributed by atoms with Gasteiger partial charge >= 0.3 is 5.97 Å². The number of carbonyl (C=O) groups is 1. The third-order valence-corrected chi connectivity index (χ3v) is 16.2. The fourth-order valence-corrected chi connectivity index (χ4v) is 13.2. The average molecular weight is 926 g/mol. The van der Waals surface area contributed by atoms with Crippen molar-refractivity contribution in [1.82, 2.24) is 4.57 Å². The molecule has 1 aromatic heterocycles. The summed E-state index contributed by atoms with van der Waals surface area (Å²) in [4.78, 5) is 11.9. The molecule has 0 saturated heterocycles. The van der Waals surface area contributed by atoms with Crippen molar-refractivity contribution in [1.29, 1.82) is 0 Å². The van der Waals surface area contributed by atoms with Crippen molar-refractivity contribution in [2.24, 2.45) is 11.8 Å². The van der Waals surface area contributed by atoms with Gasteiger partial charge in [0.15, 0.2) is 0 Å². The van der Waals surface area contributed by atoms with Crippen molar-refractivity contribution in [2.45, 2.75) is 65.7 Å². The van der Waals surface area contributed by atoms with Crippen LogP contribution in [0.1, 0.15) is 44.2 Å². The van der Waals surface area contributed by atoms with Crippen LogP contribution in [-0.2, 0) is 48.1 Å². The molecular formula is C46H41N2O11S4+. The fourth-order valence-electron chi connectivity index (χ4n) is 9.82. The highest BCUT2D eigenvalue weighted by Gasteiger charge is 2.38. The van der Waals surface area contributed by atoms with Crippen molar-refractivity contribution in [3.8, 4) is 0 Å². The van der Waals surface area contributed by atoms with Gasteiger partial charge in [0, 0.05) is 55.4 Å². The smallest absolute Gasteiger partial charge is 0.307 e. The summed E-state index contributed by atoms with van der Waals surface area (Å²) in [6, 6.07) is 21.6.